The standard InChI is InChI=1S/C11H13N3O3/c1-6-11(16)14(5-10(13)15)8-3-2-7(12)4-9(8)17-6/h2-4,6H,5,12H2,1H3,(H2,13,15). The zero-order valence-electron chi connectivity index (χ0n) is 9.34. The Balaban J connectivity index is 2.45. The Bertz CT molecular complexity index is 487. The van der Waals surface area contributed by atoms with Crippen LogP contribution in [0.1, 0.15) is 6.92 Å². The van der Waals surface area contributed by atoms with Crippen LogP contribution in [-0.2, 0) is 9.59 Å². The summed E-state index contributed by atoms with van der Waals surface area (Å²) in [7, 11) is 0. The van der Waals surface area contributed by atoms with Crippen LogP contribution in [-0.4, -0.2) is 24.5 Å². The third-order valence-electron chi connectivity index (χ3n) is 2.51. The number of carbonyl (C=O) groups is 2. The molecule has 1 aromatic rings. The van der Waals surface area contributed by atoms with Crippen molar-refractivity contribution in [1.82, 2.24) is 0 Å². The van der Waals surface area contributed by atoms with Gasteiger partial charge in [-0.25, -0.2) is 0 Å². The maximum atomic E-state index is 11.9. The van der Waals surface area contributed by atoms with Gasteiger partial charge in [-0.3, -0.25) is 14.5 Å². The van der Waals surface area contributed by atoms with Gasteiger partial charge in [-0.15, -0.1) is 0 Å². The lowest BCUT2D eigenvalue weighted by Gasteiger charge is -2.32. The van der Waals surface area contributed by atoms with Crippen molar-refractivity contribution >= 4 is 23.2 Å². The molecule has 4 N–H and O–H groups in total. The highest BCUT2D eigenvalue weighted by molar-refractivity contribution is 6.03. The van der Waals surface area contributed by atoms with E-state index in [2.05, 4.69) is 0 Å². The van der Waals surface area contributed by atoms with Crippen molar-refractivity contribution in [2.45, 2.75) is 13.0 Å². The van der Waals surface area contributed by atoms with E-state index in [1.807, 2.05) is 0 Å². The first-order valence-electron chi connectivity index (χ1n) is 5.15. The Kier molecular flexibility index (Phi) is 2.63. The lowest BCUT2D eigenvalue weighted by Crippen LogP contribution is -2.47. The number of primary amides is 1. The Morgan fingerprint density at radius 2 is 2.24 bits per heavy atom. The third kappa shape index (κ3) is 2.01. The molecule has 0 aromatic heterocycles. The highest BCUT2D eigenvalue weighted by Gasteiger charge is 2.32. The molecule has 0 saturated heterocycles. The first-order valence-corrected chi connectivity index (χ1v) is 5.15. The summed E-state index contributed by atoms with van der Waals surface area (Å²) in [5.41, 5.74) is 11.8. The molecule has 1 atom stereocenters. The molecular weight excluding hydrogens is 222 g/mol. The van der Waals surface area contributed by atoms with Crippen LogP contribution in [0.25, 0.3) is 0 Å². The van der Waals surface area contributed by atoms with E-state index >= 15 is 0 Å². The van der Waals surface area contributed by atoms with Gasteiger partial charge in [-0.1, -0.05) is 0 Å². The molecular formula is C11H13N3O3. The second-order valence-corrected chi connectivity index (χ2v) is 3.88. The number of nitrogen functional groups attached to an aromatic ring is 1. The van der Waals surface area contributed by atoms with Crippen LogP contribution in [0.2, 0.25) is 0 Å². The predicted molar refractivity (Wildman–Crippen MR) is 62.5 cm³/mol. The van der Waals surface area contributed by atoms with Gasteiger partial charge in [0.1, 0.15) is 12.3 Å². The van der Waals surface area contributed by atoms with Crippen LogP contribution < -0.4 is 21.1 Å². The maximum Gasteiger partial charge on any atom is 0.268 e. The fourth-order valence-corrected chi connectivity index (χ4v) is 1.75. The molecule has 0 spiro atoms. The summed E-state index contributed by atoms with van der Waals surface area (Å²) in [5, 5.41) is 0. The van der Waals surface area contributed by atoms with Crippen molar-refractivity contribution in [3.05, 3.63) is 18.2 Å². The number of nitrogens with two attached hydrogens (primary N) is 2. The van der Waals surface area contributed by atoms with Crippen molar-refractivity contribution in [3.8, 4) is 5.75 Å². The van der Waals surface area contributed by atoms with Crippen LogP contribution in [0, 0.1) is 0 Å². The average molecular weight is 235 g/mol. The number of amides is 2. The third-order valence-corrected chi connectivity index (χ3v) is 2.51. The monoisotopic (exact) mass is 235 g/mol. The lowest BCUT2D eigenvalue weighted by molar-refractivity contribution is -0.127. The van der Waals surface area contributed by atoms with Gasteiger partial charge < -0.3 is 16.2 Å². The number of fused-ring (bicyclic) bond motifs is 1. The summed E-state index contributed by atoms with van der Waals surface area (Å²) in [4.78, 5) is 24.1. The van der Waals surface area contributed by atoms with Gasteiger partial charge in [-0.05, 0) is 19.1 Å². The predicted octanol–water partition coefficient (Wildman–Crippen LogP) is -0.132. The molecule has 0 saturated carbocycles. The molecule has 1 aromatic carbocycles. The van der Waals surface area contributed by atoms with Gasteiger partial charge in [0.15, 0.2) is 6.10 Å². The summed E-state index contributed by atoms with van der Waals surface area (Å²) < 4.78 is 5.41. The van der Waals surface area contributed by atoms with Crippen LogP contribution in [0.15, 0.2) is 18.2 Å². The van der Waals surface area contributed by atoms with Crippen molar-refractivity contribution in [2.24, 2.45) is 5.73 Å². The number of hydrogen-bond donors (Lipinski definition) is 2. The van der Waals surface area contributed by atoms with E-state index in [1.54, 1.807) is 25.1 Å². The Morgan fingerprint density at radius 3 is 2.88 bits per heavy atom. The van der Waals surface area contributed by atoms with Crippen molar-refractivity contribution < 1.29 is 14.3 Å². The van der Waals surface area contributed by atoms with E-state index in [-0.39, 0.29) is 12.5 Å². The first kappa shape index (κ1) is 11.3. The molecule has 0 aliphatic carbocycles. The minimum absolute atomic E-state index is 0.163. The SMILES string of the molecule is CC1Oc2cc(N)ccc2N(CC(N)=O)C1=O. The molecule has 2 amide bonds. The number of carbonyl (C=O) groups excluding carboxylic acids is 2. The van der Waals surface area contributed by atoms with Gasteiger partial charge in [-0.2, -0.15) is 0 Å². The average Bonchev–Trinajstić information content (AvgIpc) is 2.24. The number of ether oxygens (including phenoxy) is 1. The van der Waals surface area contributed by atoms with Gasteiger partial charge in [0.25, 0.3) is 5.91 Å². The van der Waals surface area contributed by atoms with Crippen molar-refractivity contribution in [3.63, 3.8) is 0 Å². The first-order chi connectivity index (χ1) is 7.99. The van der Waals surface area contributed by atoms with Crippen LogP contribution in [0.5, 0.6) is 5.75 Å². The fourth-order valence-electron chi connectivity index (χ4n) is 1.75. The summed E-state index contributed by atoms with van der Waals surface area (Å²) in [6, 6.07) is 4.89. The topological polar surface area (TPSA) is 98.7 Å². The zero-order valence-corrected chi connectivity index (χ0v) is 9.34. The van der Waals surface area contributed by atoms with E-state index in [1.165, 1.54) is 4.90 Å². The largest absolute Gasteiger partial charge is 0.479 e. The molecule has 6 nitrogen and oxygen atoms in total. The number of hydrogen-bond acceptors (Lipinski definition) is 4. The molecule has 2 rings (SSSR count). The molecule has 0 bridgehead atoms. The summed E-state index contributed by atoms with van der Waals surface area (Å²) in [6.07, 6.45) is -0.649. The normalized spacial score (nSPS) is 18.5. The van der Waals surface area contributed by atoms with E-state index in [4.69, 9.17) is 16.2 Å². The molecule has 0 radical (unpaired) electrons. The second-order valence-electron chi connectivity index (χ2n) is 3.88. The second kappa shape index (κ2) is 3.97. The summed E-state index contributed by atoms with van der Waals surface area (Å²) in [6.45, 7) is 1.45. The minimum Gasteiger partial charge on any atom is -0.479 e. The molecule has 90 valence electrons. The zero-order chi connectivity index (χ0) is 12.6. The number of rotatable bonds is 2. The van der Waals surface area contributed by atoms with Crippen molar-refractivity contribution in [2.75, 3.05) is 17.2 Å². The Labute approximate surface area is 98.1 Å². The summed E-state index contributed by atoms with van der Waals surface area (Å²) >= 11 is 0. The quantitative estimate of drug-likeness (QED) is 0.697. The lowest BCUT2D eigenvalue weighted by atomic mass is 10.1. The molecule has 1 unspecified atom stereocenters. The molecule has 1 heterocycles. The van der Waals surface area contributed by atoms with Crippen LogP contribution in [0.4, 0.5) is 11.4 Å². The van der Waals surface area contributed by atoms with Crippen molar-refractivity contribution in [1.29, 1.82) is 0 Å². The maximum absolute atomic E-state index is 11.9. The molecule has 6 heteroatoms. The fraction of sp³-hybridized carbons (Fsp3) is 0.273. The Morgan fingerprint density at radius 1 is 1.53 bits per heavy atom. The molecule has 1 aliphatic rings. The highest BCUT2D eigenvalue weighted by Crippen LogP contribution is 2.35. The van der Waals surface area contributed by atoms with Gasteiger partial charge in [0.05, 0.1) is 5.69 Å². The number of anilines is 2. The minimum atomic E-state index is -0.649. The number of nitrogens with zero attached hydrogens (tertiary/aromatic N) is 1. The van der Waals surface area contributed by atoms with E-state index < -0.39 is 12.0 Å². The van der Waals surface area contributed by atoms with Crippen LogP contribution >= 0.6 is 0 Å². The van der Waals surface area contributed by atoms with Gasteiger partial charge >= 0.3 is 0 Å². The molecule has 17 heavy (non-hydrogen) atoms. The van der Waals surface area contributed by atoms with Gasteiger partial charge in [0, 0.05) is 11.8 Å². The van der Waals surface area contributed by atoms with Gasteiger partial charge in [0.2, 0.25) is 5.91 Å². The molecule has 1 aliphatic heterocycles. The van der Waals surface area contributed by atoms with E-state index in [0.29, 0.717) is 17.1 Å². The van der Waals surface area contributed by atoms with E-state index in [0.717, 1.165) is 0 Å². The Hall–Kier alpha value is -2.24. The summed E-state index contributed by atoms with van der Waals surface area (Å²) in [5.74, 6) is -0.380. The molecule has 0 fully saturated rings. The van der Waals surface area contributed by atoms with Crippen LogP contribution in [0.3, 0.4) is 0 Å². The number of benzene rings is 1. The highest BCUT2D eigenvalue weighted by atomic mass is 16.5. The van der Waals surface area contributed by atoms with E-state index in [9.17, 15) is 9.59 Å². The smallest absolute Gasteiger partial charge is 0.268 e.